The van der Waals surface area contributed by atoms with Gasteiger partial charge in [-0.25, -0.2) is 0 Å². The maximum absolute atomic E-state index is 13.5. The van der Waals surface area contributed by atoms with E-state index in [1.165, 1.54) is 56.1 Å². The summed E-state index contributed by atoms with van der Waals surface area (Å²) in [6.45, 7) is 12.8. The van der Waals surface area contributed by atoms with Crippen LogP contribution in [0.1, 0.15) is 110 Å². The van der Waals surface area contributed by atoms with E-state index in [1.807, 2.05) is 30.3 Å². The number of rotatable bonds is 14. The number of carbonyl (C=O) groups is 2. The molecule has 2 aromatic carbocycles. The zero-order chi connectivity index (χ0) is 36.5. The van der Waals surface area contributed by atoms with E-state index in [9.17, 15) is 9.59 Å². The second-order valence-corrected chi connectivity index (χ2v) is 17.5. The summed E-state index contributed by atoms with van der Waals surface area (Å²) in [5.74, 6) is 0.515. The fraction of sp³-hybridized carbons (Fsp3) is 0.435. The first-order valence-electron chi connectivity index (χ1n) is 19.3. The van der Waals surface area contributed by atoms with Crippen molar-refractivity contribution in [2.75, 3.05) is 25.1 Å². The number of hydrogen-bond donors (Lipinski definition) is 1. The lowest BCUT2D eigenvalue weighted by Crippen LogP contribution is -2.35. The molecule has 4 aliphatic carbocycles. The molecule has 7 rings (SSSR count). The Morgan fingerprint density at radius 2 is 1.62 bits per heavy atom. The van der Waals surface area contributed by atoms with Gasteiger partial charge in [0.05, 0.1) is 6.67 Å². The predicted octanol–water partition coefficient (Wildman–Crippen LogP) is 10.2. The lowest BCUT2D eigenvalue weighted by molar-refractivity contribution is 0.0979. The van der Waals surface area contributed by atoms with Crippen LogP contribution in [-0.4, -0.2) is 52.5 Å². The van der Waals surface area contributed by atoms with Crippen LogP contribution in [0.25, 0.3) is 5.57 Å². The summed E-state index contributed by atoms with van der Waals surface area (Å²) in [4.78, 5) is 31.5. The van der Waals surface area contributed by atoms with Crippen LogP contribution >= 0.6 is 15.9 Å². The van der Waals surface area contributed by atoms with Crippen LogP contribution in [-0.2, 0) is 0 Å². The third-order valence-electron chi connectivity index (χ3n) is 12.1. The molecule has 0 radical (unpaired) electrons. The summed E-state index contributed by atoms with van der Waals surface area (Å²) >= 11 is 3.86. The maximum atomic E-state index is 13.5. The molecule has 1 saturated carbocycles. The Hall–Kier alpha value is -3.74. The van der Waals surface area contributed by atoms with Gasteiger partial charge in [-0.05, 0) is 89.8 Å². The number of halogens is 1. The largest absolute Gasteiger partial charge is 0.358 e. The van der Waals surface area contributed by atoms with Crippen molar-refractivity contribution in [2.24, 2.45) is 22.7 Å². The molecule has 272 valence electrons. The minimum absolute atomic E-state index is 0.0626. The van der Waals surface area contributed by atoms with Crippen LogP contribution in [0.5, 0.6) is 0 Å². The molecule has 5 aliphatic rings. The Labute approximate surface area is 319 Å². The molecule has 1 heterocycles. The molecule has 52 heavy (non-hydrogen) atoms. The molecule has 0 bridgehead atoms. The van der Waals surface area contributed by atoms with E-state index in [0.29, 0.717) is 33.6 Å². The number of fused-ring (bicyclic) bond motifs is 2. The van der Waals surface area contributed by atoms with Crippen molar-refractivity contribution in [3.05, 3.63) is 136 Å². The molecule has 1 aliphatic heterocycles. The van der Waals surface area contributed by atoms with E-state index in [2.05, 4.69) is 114 Å². The summed E-state index contributed by atoms with van der Waals surface area (Å²) in [5, 5.41) is 4.86. The lowest BCUT2D eigenvalue weighted by atomic mass is 9.69. The predicted molar refractivity (Wildman–Crippen MR) is 217 cm³/mol. The summed E-state index contributed by atoms with van der Waals surface area (Å²) < 4.78 is 0. The molecule has 1 fully saturated rings. The molecule has 0 aromatic heterocycles. The van der Waals surface area contributed by atoms with E-state index in [-0.39, 0.29) is 22.9 Å². The first-order chi connectivity index (χ1) is 25.0. The number of nitrogens with one attached hydrogen (secondary N) is 1. The summed E-state index contributed by atoms with van der Waals surface area (Å²) in [5.41, 5.74) is 7.02. The third kappa shape index (κ3) is 7.79. The second-order valence-electron chi connectivity index (χ2n) is 16.9. The molecule has 1 N–H and O–H groups in total. The van der Waals surface area contributed by atoms with Gasteiger partial charge >= 0.3 is 0 Å². The molecule has 2 aromatic rings. The normalized spacial score (nSPS) is 21.4. The standard InChI is InChI=1S/C46H54BrN3O2/c1-45(2,22-23-48-35-12-5-6-13-35)28-34(46(3,4)30-47)21-24-49-25-26-50(31-49)29-33-11-9-16-37(33)38-18-10-17-36(38)32-19-20-41-42(27-32)44(52)40-15-8-7-14-39(40)43(41)51/h7-11,14-20,25-27,29,34-35,38,48H,5-6,12-13,21-24,28,30-31H2,1-4H3/b33-29+. The van der Waals surface area contributed by atoms with Crippen LogP contribution in [0, 0.1) is 22.7 Å². The molecular weight excluding hydrogens is 706 g/mol. The SMILES string of the molecule is CC(C)(CCNC1CCCC1)CC(CCN1C=CN(/C=C2\C=CC=C2C2C=CC=C2c2ccc3c(c2)C(=O)c2ccccc2C3=O)C1)C(C)(C)CBr. The zero-order valence-electron chi connectivity index (χ0n) is 31.3. The van der Waals surface area contributed by atoms with E-state index < -0.39 is 0 Å². The minimum Gasteiger partial charge on any atom is -0.358 e. The lowest BCUT2D eigenvalue weighted by Gasteiger charge is -2.39. The Kier molecular flexibility index (Phi) is 10.8. The maximum Gasteiger partial charge on any atom is 0.194 e. The van der Waals surface area contributed by atoms with Gasteiger partial charge in [-0.3, -0.25) is 9.59 Å². The minimum atomic E-state index is -0.0829. The van der Waals surface area contributed by atoms with Crippen molar-refractivity contribution in [1.82, 2.24) is 15.1 Å². The molecule has 0 amide bonds. The van der Waals surface area contributed by atoms with Crippen molar-refractivity contribution < 1.29 is 9.59 Å². The topological polar surface area (TPSA) is 52.6 Å². The van der Waals surface area contributed by atoms with Gasteiger partial charge in [-0.2, -0.15) is 0 Å². The highest BCUT2D eigenvalue weighted by molar-refractivity contribution is 9.09. The van der Waals surface area contributed by atoms with Crippen LogP contribution in [0.3, 0.4) is 0 Å². The third-order valence-corrected chi connectivity index (χ3v) is 13.6. The van der Waals surface area contributed by atoms with Gasteiger partial charge in [0.15, 0.2) is 11.6 Å². The fourth-order valence-corrected chi connectivity index (χ4v) is 9.22. The van der Waals surface area contributed by atoms with Gasteiger partial charge < -0.3 is 15.1 Å². The Morgan fingerprint density at radius 3 is 2.37 bits per heavy atom. The smallest absolute Gasteiger partial charge is 0.194 e. The Balaban J connectivity index is 0.976. The highest BCUT2D eigenvalue weighted by Gasteiger charge is 2.35. The molecule has 0 saturated heterocycles. The van der Waals surface area contributed by atoms with Crippen molar-refractivity contribution in [3.63, 3.8) is 0 Å². The van der Waals surface area contributed by atoms with Gasteiger partial charge in [0.25, 0.3) is 0 Å². The Bertz CT molecular complexity index is 1890. The highest BCUT2D eigenvalue weighted by Crippen LogP contribution is 2.43. The number of hydrogen-bond acceptors (Lipinski definition) is 5. The van der Waals surface area contributed by atoms with E-state index in [1.54, 1.807) is 12.1 Å². The Morgan fingerprint density at radius 1 is 0.904 bits per heavy atom. The van der Waals surface area contributed by atoms with Gasteiger partial charge in [0.2, 0.25) is 0 Å². The fourth-order valence-electron chi connectivity index (χ4n) is 8.76. The van der Waals surface area contributed by atoms with Crippen LogP contribution < -0.4 is 5.32 Å². The summed E-state index contributed by atoms with van der Waals surface area (Å²) in [6, 6.07) is 13.6. The second kappa shape index (κ2) is 15.3. The number of ketones is 2. The number of carbonyl (C=O) groups excluding carboxylic acids is 2. The molecular formula is C46H54BrN3O2. The highest BCUT2D eigenvalue weighted by atomic mass is 79.9. The monoisotopic (exact) mass is 759 g/mol. The number of nitrogens with zero attached hydrogens (tertiary/aromatic N) is 2. The van der Waals surface area contributed by atoms with Crippen molar-refractivity contribution in [1.29, 1.82) is 0 Å². The molecule has 2 atom stereocenters. The first kappa shape index (κ1) is 36.6. The zero-order valence-corrected chi connectivity index (χ0v) is 32.9. The molecule has 0 spiro atoms. The first-order valence-corrected chi connectivity index (χ1v) is 20.4. The van der Waals surface area contributed by atoms with Crippen LogP contribution in [0.2, 0.25) is 0 Å². The number of benzene rings is 2. The van der Waals surface area contributed by atoms with Gasteiger partial charge in [-0.1, -0.05) is 123 Å². The van der Waals surface area contributed by atoms with Crippen LogP contribution in [0.4, 0.5) is 0 Å². The van der Waals surface area contributed by atoms with E-state index in [0.717, 1.165) is 42.3 Å². The quantitative estimate of drug-likeness (QED) is 0.166. The van der Waals surface area contributed by atoms with Crippen molar-refractivity contribution >= 4 is 33.1 Å². The van der Waals surface area contributed by atoms with Gasteiger partial charge in [0, 0.05) is 64.7 Å². The number of alkyl halides is 1. The van der Waals surface area contributed by atoms with Gasteiger partial charge in [-0.15, -0.1) is 0 Å². The molecule has 2 unspecified atom stereocenters. The summed E-state index contributed by atoms with van der Waals surface area (Å²) in [6.07, 6.45) is 28.8. The molecule has 6 heteroatoms. The van der Waals surface area contributed by atoms with E-state index >= 15 is 0 Å². The van der Waals surface area contributed by atoms with Crippen molar-refractivity contribution in [3.8, 4) is 0 Å². The molecule has 5 nitrogen and oxygen atoms in total. The average Bonchev–Trinajstić information content (AvgIpc) is 3.98. The number of allylic oxidation sites excluding steroid dienone is 9. The van der Waals surface area contributed by atoms with Crippen LogP contribution in [0.15, 0.2) is 109 Å². The summed E-state index contributed by atoms with van der Waals surface area (Å²) in [7, 11) is 0. The van der Waals surface area contributed by atoms with Gasteiger partial charge in [0.1, 0.15) is 0 Å². The average molecular weight is 761 g/mol. The van der Waals surface area contributed by atoms with E-state index in [4.69, 9.17) is 0 Å². The van der Waals surface area contributed by atoms with Crippen molar-refractivity contribution in [2.45, 2.75) is 78.7 Å².